The van der Waals surface area contributed by atoms with Gasteiger partial charge in [-0.25, -0.2) is 0 Å². The number of benzene rings is 1. The molecule has 0 atom stereocenters. The van der Waals surface area contributed by atoms with Crippen LogP contribution in [0.2, 0.25) is 0 Å². The van der Waals surface area contributed by atoms with Crippen LogP contribution in [0.25, 0.3) is 6.08 Å². The standard InChI is InChI=1S/C9H9NO4/c11-5-1-2-7-3-4-8(12)6-9(7)10(13)14/h1-4,6,11-12H,5H2. The maximum absolute atomic E-state index is 10.5. The lowest BCUT2D eigenvalue weighted by Gasteiger charge is -1.97. The molecular formula is C9H9NO4. The normalized spacial score (nSPS) is 10.6. The number of rotatable bonds is 3. The fourth-order valence-electron chi connectivity index (χ4n) is 1.01. The third-order valence-electron chi connectivity index (χ3n) is 1.61. The summed E-state index contributed by atoms with van der Waals surface area (Å²) in [7, 11) is 0. The summed E-state index contributed by atoms with van der Waals surface area (Å²) in [5.41, 5.74) is 0.163. The van der Waals surface area contributed by atoms with Gasteiger partial charge in [-0.15, -0.1) is 0 Å². The maximum Gasteiger partial charge on any atom is 0.280 e. The number of nitrogens with zero attached hydrogens (tertiary/aromatic N) is 1. The average molecular weight is 195 g/mol. The van der Waals surface area contributed by atoms with E-state index in [-0.39, 0.29) is 18.0 Å². The lowest BCUT2D eigenvalue weighted by atomic mass is 10.1. The second kappa shape index (κ2) is 4.38. The van der Waals surface area contributed by atoms with Gasteiger partial charge in [0, 0.05) is 0 Å². The van der Waals surface area contributed by atoms with Crippen LogP contribution in [0.1, 0.15) is 5.56 Å². The zero-order valence-corrected chi connectivity index (χ0v) is 7.25. The first-order valence-corrected chi connectivity index (χ1v) is 3.90. The number of aromatic hydroxyl groups is 1. The Labute approximate surface area is 80.1 Å². The smallest absolute Gasteiger partial charge is 0.280 e. The monoisotopic (exact) mass is 195 g/mol. The summed E-state index contributed by atoms with van der Waals surface area (Å²) in [6, 6.07) is 3.83. The Morgan fingerprint density at radius 2 is 2.21 bits per heavy atom. The molecule has 0 amide bonds. The summed E-state index contributed by atoms with van der Waals surface area (Å²) in [6.07, 6.45) is 2.82. The van der Waals surface area contributed by atoms with E-state index in [2.05, 4.69) is 0 Å². The second-order valence-electron chi connectivity index (χ2n) is 2.59. The van der Waals surface area contributed by atoms with Crippen molar-refractivity contribution < 1.29 is 15.1 Å². The minimum atomic E-state index is -0.587. The van der Waals surface area contributed by atoms with E-state index in [0.29, 0.717) is 5.56 Å². The van der Waals surface area contributed by atoms with Crippen molar-refractivity contribution in [3.63, 3.8) is 0 Å². The fraction of sp³-hybridized carbons (Fsp3) is 0.111. The van der Waals surface area contributed by atoms with Crippen molar-refractivity contribution in [2.45, 2.75) is 0 Å². The van der Waals surface area contributed by atoms with Crippen LogP contribution in [0.5, 0.6) is 5.75 Å². The molecule has 0 fully saturated rings. The van der Waals surface area contributed by atoms with Crippen molar-refractivity contribution in [1.82, 2.24) is 0 Å². The highest BCUT2D eigenvalue weighted by Gasteiger charge is 2.11. The van der Waals surface area contributed by atoms with E-state index in [4.69, 9.17) is 10.2 Å². The molecule has 0 unspecified atom stereocenters. The third-order valence-corrected chi connectivity index (χ3v) is 1.61. The summed E-state index contributed by atoms with van der Waals surface area (Å²) in [5.74, 6) is -0.155. The summed E-state index contributed by atoms with van der Waals surface area (Å²) in [4.78, 5) is 9.95. The summed E-state index contributed by atoms with van der Waals surface area (Å²) in [5, 5.41) is 28.1. The lowest BCUT2D eigenvalue weighted by Crippen LogP contribution is -1.91. The molecule has 14 heavy (non-hydrogen) atoms. The summed E-state index contributed by atoms with van der Waals surface area (Å²) < 4.78 is 0. The molecule has 0 saturated heterocycles. The molecule has 0 aliphatic rings. The zero-order valence-electron chi connectivity index (χ0n) is 7.25. The minimum absolute atomic E-state index is 0.155. The predicted molar refractivity (Wildman–Crippen MR) is 50.9 cm³/mol. The van der Waals surface area contributed by atoms with E-state index in [1.54, 1.807) is 0 Å². The van der Waals surface area contributed by atoms with Gasteiger partial charge in [0.25, 0.3) is 5.69 Å². The first-order chi connectivity index (χ1) is 6.65. The summed E-state index contributed by atoms with van der Waals surface area (Å²) in [6.45, 7) is -0.183. The van der Waals surface area contributed by atoms with Gasteiger partial charge in [-0.3, -0.25) is 10.1 Å². The van der Waals surface area contributed by atoms with Crippen molar-refractivity contribution in [3.8, 4) is 5.75 Å². The molecule has 1 aromatic carbocycles. The number of aliphatic hydroxyl groups is 1. The summed E-state index contributed by atoms with van der Waals surface area (Å²) >= 11 is 0. The molecule has 0 radical (unpaired) electrons. The van der Waals surface area contributed by atoms with Crippen LogP contribution in [0.4, 0.5) is 5.69 Å². The van der Waals surface area contributed by atoms with Gasteiger partial charge in [-0.1, -0.05) is 6.08 Å². The van der Waals surface area contributed by atoms with E-state index in [1.165, 1.54) is 24.3 Å². The number of hydrogen-bond acceptors (Lipinski definition) is 4. The Morgan fingerprint density at radius 3 is 2.79 bits per heavy atom. The zero-order chi connectivity index (χ0) is 10.6. The van der Waals surface area contributed by atoms with Gasteiger partial charge < -0.3 is 10.2 Å². The van der Waals surface area contributed by atoms with Gasteiger partial charge in [0.15, 0.2) is 0 Å². The first kappa shape index (κ1) is 10.2. The Balaban J connectivity index is 3.15. The van der Waals surface area contributed by atoms with E-state index in [1.807, 2.05) is 0 Å². The van der Waals surface area contributed by atoms with Gasteiger partial charge >= 0.3 is 0 Å². The van der Waals surface area contributed by atoms with Crippen LogP contribution in [0.3, 0.4) is 0 Å². The van der Waals surface area contributed by atoms with Crippen molar-refractivity contribution in [2.24, 2.45) is 0 Å². The van der Waals surface area contributed by atoms with E-state index >= 15 is 0 Å². The maximum atomic E-state index is 10.5. The van der Waals surface area contributed by atoms with Crippen LogP contribution in [0.15, 0.2) is 24.3 Å². The van der Waals surface area contributed by atoms with Gasteiger partial charge in [-0.2, -0.15) is 0 Å². The van der Waals surface area contributed by atoms with Crippen molar-refractivity contribution in [1.29, 1.82) is 0 Å². The van der Waals surface area contributed by atoms with Crippen LogP contribution in [-0.2, 0) is 0 Å². The van der Waals surface area contributed by atoms with Gasteiger partial charge in [-0.05, 0) is 18.2 Å². The largest absolute Gasteiger partial charge is 0.508 e. The number of nitro benzene ring substituents is 1. The molecule has 0 spiro atoms. The Morgan fingerprint density at radius 1 is 1.50 bits per heavy atom. The molecule has 2 N–H and O–H groups in total. The molecular weight excluding hydrogens is 186 g/mol. The molecule has 0 aliphatic heterocycles. The van der Waals surface area contributed by atoms with Crippen LogP contribution < -0.4 is 0 Å². The third kappa shape index (κ3) is 2.30. The first-order valence-electron chi connectivity index (χ1n) is 3.90. The molecule has 0 aliphatic carbocycles. The number of phenols is 1. The highest BCUT2D eigenvalue weighted by Crippen LogP contribution is 2.24. The molecule has 5 heteroatoms. The lowest BCUT2D eigenvalue weighted by molar-refractivity contribution is -0.385. The number of hydrogen-bond donors (Lipinski definition) is 2. The van der Waals surface area contributed by atoms with Gasteiger partial charge in [0.2, 0.25) is 0 Å². The van der Waals surface area contributed by atoms with Crippen molar-refractivity contribution >= 4 is 11.8 Å². The van der Waals surface area contributed by atoms with Gasteiger partial charge in [0.1, 0.15) is 5.75 Å². The molecule has 1 rings (SSSR count). The van der Waals surface area contributed by atoms with E-state index in [0.717, 1.165) is 6.07 Å². The van der Waals surface area contributed by atoms with Crippen molar-refractivity contribution in [2.75, 3.05) is 6.61 Å². The van der Waals surface area contributed by atoms with Crippen molar-refractivity contribution in [3.05, 3.63) is 40.0 Å². The molecule has 0 bridgehead atoms. The molecule has 0 heterocycles. The van der Waals surface area contributed by atoms with Crippen LogP contribution in [0, 0.1) is 10.1 Å². The SMILES string of the molecule is O=[N+]([O-])c1cc(O)ccc1C=CCO. The van der Waals surface area contributed by atoms with E-state index in [9.17, 15) is 10.1 Å². The number of phenolic OH excluding ortho intramolecular Hbond substituents is 1. The van der Waals surface area contributed by atoms with Crippen LogP contribution >= 0.6 is 0 Å². The molecule has 1 aromatic rings. The fourth-order valence-corrected chi connectivity index (χ4v) is 1.01. The molecule has 0 aromatic heterocycles. The Kier molecular flexibility index (Phi) is 3.19. The second-order valence-corrected chi connectivity index (χ2v) is 2.59. The molecule has 5 nitrogen and oxygen atoms in total. The number of nitro groups is 1. The quantitative estimate of drug-likeness (QED) is 0.562. The topological polar surface area (TPSA) is 83.6 Å². The predicted octanol–water partition coefficient (Wildman–Crippen LogP) is 1.31. The number of aliphatic hydroxyl groups excluding tert-OH is 1. The average Bonchev–Trinajstić information content (AvgIpc) is 2.15. The molecule has 74 valence electrons. The van der Waals surface area contributed by atoms with E-state index < -0.39 is 4.92 Å². The Bertz CT molecular complexity index is 373. The van der Waals surface area contributed by atoms with Gasteiger partial charge in [0.05, 0.1) is 23.2 Å². The molecule has 0 saturated carbocycles. The minimum Gasteiger partial charge on any atom is -0.508 e. The highest BCUT2D eigenvalue weighted by molar-refractivity contribution is 5.62. The highest BCUT2D eigenvalue weighted by atomic mass is 16.6. The van der Waals surface area contributed by atoms with Crippen LogP contribution in [-0.4, -0.2) is 21.7 Å². The Hall–Kier alpha value is -1.88.